The van der Waals surface area contributed by atoms with Crippen molar-refractivity contribution in [3.05, 3.63) is 6.07 Å². The second-order valence-corrected chi connectivity index (χ2v) is 17.7. The maximum atomic E-state index is 12.9. The molecule has 0 saturated carbocycles. The Morgan fingerprint density at radius 2 is 0.898 bits per heavy atom. The van der Waals surface area contributed by atoms with Crippen molar-refractivity contribution < 1.29 is 19.1 Å². The minimum Gasteiger partial charge on any atom is -0.462 e. The number of aromatic nitrogens is 2. The van der Waals surface area contributed by atoms with Crippen molar-refractivity contribution in [3.63, 3.8) is 0 Å². The smallest absolute Gasteiger partial charge is 0.306 e. The number of esters is 2. The molecule has 9 nitrogen and oxygen atoms in total. The maximum Gasteiger partial charge on any atom is 0.306 e. The average Bonchev–Trinajstić information content (AvgIpc) is 3.55. The summed E-state index contributed by atoms with van der Waals surface area (Å²) in [5.41, 5.74) is 11.9. The summed E-state index contributed by atoms with van der Waals surface area (Å²) < 4.78 is 13.7. The lowest BCUT2D eigenvalue weighted by atomic mass is 10.0. The molecular weight excluding hydrogens is 735 g/mol. The van der Waals surface area contributed by atoms with Crippen LogP contribution in [0.2, 0.25) is 0 Å². The summed E-state index contributed by atoms with van der Waals surface area (Å²) in [6.07, 6.45) is 40.2. The first kappa shape index (κ1) is 54.7. The predicted octanol–water partition coefficient (Wildman–Crippen LogP) is 13.9. The molecule has 0 bridgehead atoms. The molecule has 1 rings (SSSR count). The number of hydrogen-bond donors (Lipinski definition) is 2. The summed E-state index contributed by atoms with van der Waals surface area (Å²) in [6, 6.07) is 1.72. The minimum atomic E-state index is -0.0141. The van der Waals surface area contributed by atoms with Crippen LogP contribution >= 0.6 is 0 Å². The lowest BCUT2D eigenvalue weighted by Gasteiger charge is -2.22. The molecule has 1 atom stereocenters. The van der Waals surface area contributed by atoms with Crippen LogP contribution in [0, 0.1) is 0 Å². The molecule has 0 saturated heterocycles. The van der Waals surface area contributed by atoms with E-state index in [0.29, 0.717) is 24.5 Å². The molecule has 0 aliphatic carbocycles. The van der Waals surface area contributed by atoms with E-state index in [1.54, 1.807) is 6.07 Å². The first-order valence-electron chi connectivity index (χ1n) is 25.5. The van der Waals surface area contributed by atoms with Crippen LogP contribution < -0.4 is 11.5 Å². The highest BCUT2D eigenvalue weighted by Crippen LogP contribution is 2.19. The van der Waals surface area contributed by atoms with Gasteiger partial charge in [0.15, 0.2) is 0 Å². The van der Waals surface area contributed by atoms with Crippen molar-refractivity contribution in [2.24, 2.45) is 0 Å². The normalized spacial score (nSPS) is 12.2. The molecule has 9 heteroatoms. The first-order valence-corrected chi connectivity index (χ1v) is 25.5. The van der Waals surface area contributed by atoms with Crippen LogP contribution in [-0.2, 0) is 25.6 Å². The molecule has 4 N–H and O–H groups in total. The van der Waals surface area contributed by atoms with Gasteiger partial charge in [-0.1, -0.05) is 163 Å². The van der Waals surface area contributed by atoms with Gasteiger partial charge in [0, 0.05) is 25.5 Å². The standard InChI is InChI=1S/C50H97N5O4/c1-5-9-12-15-20-27-35-45(8-4)58-49(56)38-30-23-18-25-32-40-54(42-34-43-55-48(52)44-47(51)53-55)41-33-26-19-24-31-39-50(57)59-46(36-28-21-16-13-10-6-2)37-29-22-17-14-11-7-3/h44-46H,5-43,52H2,1-4H3,(H2,51,53). The summed E-state index contributed by atoms with van der Waals surface area (Å²) in [5, 5.41) is 4.34. The molecule has 1 aromatic heterocycles. The fraction of sp³-hybridized carbons (Fsp3) is 0.900. The number of rotatable bonds is 44. The second-order valence-electron chi connectivity index (χ2n) is 17.7. The number of hydrogen-bond acceptors (Lipinski definition) is 8. The third kappa shape index (κ3) is 33.1. The molecule has 0 fully saturated rings. The molecule has 0 radical (unpaired) electrons. The monoisotopic (exact) mass is 832 g/mol. The van der Waals surface area contributed by atoms with Crippen LogP contribution in [0.3, 0.4) is 0 Å². The molecule has 0 aliphatic rings. The van der Waals surface area contributed by atoms with E-state index in [2.05, 4.69) is 37.7 Å². The zero-order valence-corrected chi connectivity index (χ0v) is 39.4. The van der Waals surface area contributed by atoms with Crippen LogP contribution in [0.4, 0.5) is 11.6 Å². The first-order chi connectivity index (χ1) is 28.8. The van der Waals surface area contributed by atoms with Gasteiger partial charge in [-0.05, 0) is 96.7 Å². The Bertz CT molecular complexity index is 1080. The van der Waals surface area contributed by atoms with E-state index < -0.39 is 0 Å². The fourth-order valence-electron chi connectivity index (χ4n) is 8.24. The van der Waals surface area contributed by atoms with Gasteiger partial charge in [-0.3, -0.25) is 9.59 Å². The summed E-state index contributed by atoms with van der Waals surface area (Å²) >= 11 is 0. The van der Waals surface area contributed by atoms with E-state index in [0.717, 1.165) is 110 Å². The Balaban J connectivity index is 2.36. The van der Waals surface area contributed by atoms with Gasteiger partial charge in [-0.15, -0.1) is 0 Å². The van der Waals surface area contributed by atoms with Gasteiger partial charge >= 0.3 is 11.9 Å². The highest BCUT2D eigenvalue weighted by Gasteiger charge is 2.15. The van der Waals surface area contributed by atoms with Gasteiger partial charge in [0.05, 0.1) is 0 Å². The molecule has 346 valence electrons. The molecular formula is C50H97N5O4. The van der Waals surface area contributed by atoms with Crippen LogP contribution in [-0.4, -0.2) is 58.5 Å². The number of ether oxygens (including phenoxy) is 2. The maximum absolute atomic E-state index is 12.9. The Labute approximate surface area is 364 Å². The molecule has 1 heterocycles. The number of unbranched alkanes of at least 4 members (excludes halogenated alkanes) is 23. The zero-order chi connectivity index (χ0) is 43.0. The number of aryl methyl sites for hydroxylation is 1. The molecule has 0 aliphatic heterocycles. The second kappa shape index (κ2) is 39.8. The van der Waals surface area contributed by atoms with Crippen molar-refractivity contribution in [1.82, 2.24) is 14.7 Å². The Hall–Kier alpha value is -2.29. The van der Waals surface area contributed by atoms with Crippen molar-refractivity contribution >= 4 is 23.6 Å². The number of nitrogen functional groups attached to an aromatic ring is 2. The van der Waals surface area contributed by atoms with E-state index in [9.17, 15) is 9.59 Å². The van der Waals surface area contributed by atoms with E-state index in [-0.39, 0.29) is 24.1 Å². The van der Waals surface area contributed by atoms with E-state index in [1.807, 2.05) is 4.68 Å². The lowest BCUT2D eigenvalue weighted by molar-refractivity contribution is -0.150. The van der Waals surface area contributed by atoms with Gasteiger partial charge in [0.25, 0.3) is 0 Å². The Kier molecular flexibility index (Phi) is 36.9. The molecule has 0 spiro atoms. The van der Waals surface area contributed by atoms with Crippen LogP contribution in [0.15, 0.2) is 6.07 Å². The molecule has 59 heavy (non-hydrogen) atoms. The largest absolute Gasteiger partial charge is 0.462 e. The minimum absolute atomic E-state index is 0.0141. The van der Waals surface area contributed by atoms with Crippen LogP contribution in [0.25, 0.3) is 0 Å². The van der Waals surface area contributed by atoms with Crippen molar-refractivity contribution in [3.8, 4) is 0 Å². The van der Waals surface area contributed by atoms with Crippen LogP contribution in [0.5, 0.6) is 0 Å². The van der Waals surface area contributed by atoms with Crippen molar-refractivity contribution in [2.75, 3.05) is 31.1 Å². The summed E-state index contributed by atoms with van der Waals surface area (Å²) in [5.74, 6) is 1.10. The predicted molar refractivity (Wildman–Crippen MR) is 252 cm³/mol. The highest BCUT2D eigenvalue weighted by atomic mass is 16.5. The van der Waals surface area contributed by atoms with Gasteiger partial charge < -0.3 is 25.8 Å². The average molecular weight is 832 g/mol. The molecule has 0 aromatic carbocycles. The van der Waals surface area contributed by atoms with Crippen molar-refractivity contribution in [1.29, 1.82) is 0 Å². The summed E-state index contributed by atoms with van der Waals surface area (Å²) in [7, 11) is 0. The Morgan fingerprint density at radius 3 is 1.32 bits per heavy atom. The number of carbonyl (C=O) groups excluding carboxylic acids is 2. The number of nitrogens with zero attached hydrogens (tertiary/aromatic N) is 3. The van der Waals surface area contributed by atoms with E-state index >= 15 is 0 Å². The van der Waals surface area contributed by atoms with Crippen LogP contribution in [0.1, 0.15) is 252 Å². The van der Waals surface area contributed by atoms with Gasteiger partial charge in [-0.2, -0.15) is 5.10 Å². The Morgan fingerprint density at radius 1 is 0.525 bits per heavy atom. The lowest BCUT2D eigenvalue weighted by Crippen LogP contribution is -2.28. The molecule has 1 aromatic rings. The van der Waals surface area contributed by atoms with Gasteiger partial charge in [-0.25, -0.2) is 4.68 Å². The van der Waals surface area contributed by atoms with E-state index in [4.69, 9.17) is 20.9 Å². The quantitative estimate of drug-likeness (QED) is 0.0492. The van der Waals surface area contributed by atoms with Gasteiger partial charge in [0.2, 0.25) is 0 Å². The third-order valence-electron chi connectivity index (χ3n) is 12.1. The fourth-order valence-corrected chi connectivity index (χ4v) is 8.24. The summed E-state index contributed by atoms with van der Waals surface area (Å²) in [6.45, 7) is 12.8. The zero-order valence-electron chi connectivity index (χ0n) is 39.4. The molecule has 1 unspecified atom stereocenters. The number of anilines is 2. The highest BCUT2D eigenvalue weighted by molar-refractivity contribution is 5.69. The van der Waals surface area contributed by atoms with Crippen molar-refractivity contribution in [2.45, 2.75) is 271 Å². The van der Waals surface area contributed by atoms with E-state index in [1.165, 1.54) is 128 Å². The third-order valence-corrected chi connectivity index (χ3v) is 12.1. The topological polar surface area (TPSA) is 126 Å². The number of nitrogens with two attached hydrogens (primary N) is 2. The summed E-state index contributed by atoms with van der Waals surface area (Å²) in [4.78, 5) is 28.0. The van der Waals surface area contributed by atoms with Gasteiger partial charge in [0.1, 0.15) is 23.8 Å². The number of carbonyl (C=O) groups is 2. The SMILES string of the molecule is CCCCCCCCC(CC)OC(=O)CCCCCCCN(CCCCCCCC(=O)OC(CCCCCCCC)CCCCCCCC)CCCn1nc(N)cc1N. The molecule has 0 amide bonds.